The number of halogens is 1. The summed E-state index contributed by atoms with van der Waals surface area (Å²) in [4.78, 5) is 0. The van der Waals surface area contributed by atoms with Crippen molar-refractivity contribution in [2.75, 3.05) is 0 Å². The van der Waals surface area contributed by atoms with E-state index in [2.05, 4.69) is 97.2 Å². The molecule has 2 unspecified atom stereocenters. The van der Waals surface area contributed by atoms with Gasteiger partial charge in [0.25, 0.3) is 0 Å². The summed E-state index contributed by atoms with van der Waals surface area (Å²) in [5.41, 5.74) is 10.9. The minimum absolute atomic E-state index is 0.0428. The Kier molecular flexibility index (Phi) is 7.89. The quantitative estimate of drug-likeness (QED) is 0.296. The molecule has 200 valence electrons. The molecule has 0 spiro atoms. The Labute approximate surface area is 230 Å². The van der Waals surface area contributed by atoms with Crippen LogP contribution in [0.25, 0.3) is 0 Å². The van der Waals surface area contributed by atoms with Crippen molar-refractivity contribution in [2.45, 2.75) is 85.5 Å². The highest BCUT2D eigenvalue weighted by Crippen LogP contribution is 2.63. The standard InChI is InChI=1S/C37H45F/c1-9-37(20-18-29-12-10-11-13-34(29)35(6,7)27(4)5)21-19-32-24-30(23-28-14-16-33(38)17-15-28)31(22-26(2)3)25-36(32,37)8/h9-17,22,24H,1,4,18-21,23,25H2,2-3,5-8H3. The van der Waals surface area contributed by atoms with E-state index in [0.717, 1.165) is 44.1 Å². The second-order valence-electron chi connectivity index (χ2n) is 12.7. The number of allylic oxidation sites excluding steroid dienone is 8. The molecule has 0 saturated heterocycles. The maximum absolute atomic E-state index is 13.5. The van der Waals surface area contributed by atoms with Crippen molar-refractivity contribution in [3.63, 3.8) is 0 Å². The Balaban J connectivity index is 1.67. The number of hydrogen-bond acceptors (Lipinski definition) is 0. The molecule has 1 fully saturated rings. The molecule has 2 aromatic carbocycles. The Morgan fingerprint density at radius 3 is 2.37 bits per heavy atom. The molecule has 2 atom stereocenters. The average molecular weight is 509 g/mol. The Hall–Kier alpha value is -2.93. The molecular formula is C37H45F. The SMILES string of the molecule is C=CC1(CCc2ccccc2C(C)(C)C(=C)C)CCC2=CC(Cc3ccc(F)cc3)=C(C=C(C)C)CC21C. The molecule has 0 heterocycles. The topological polar surface area (TPSA) is 0 Å². The van der Waals surface area contributed by atoms with Crippen LogP contribution in [-0.4, -0.2) is 0 Å². The molecule has 1 saturated carbocycles. The highest BCUT2D eigenvalue weighted by atomic mass is 19.1. The fraction of sp³-hybridized carbons (Fsp3) is 0.405. The van der Waals surface area contributed by atoms with Crippen LogP contribution in [0.1, 0.15) is 83.9 Å². The molecule has 0 aliphatic heterocycles. The van der Waals surface area contributed by atoms with E-state index in [4.69, 9.17) is 0 Å². The molecule has 2 aliphatic rings. The summed E-state index contributed by atoms with van der Waals surface area (Å²) in [5.74, 6) is -0.179. The van der Waals surface area contributed by atoms with E-state index in [1.54, 1.807) is 17.7 Å². The zero-order chi connectivity index (χ0) is 27.7. The van der Waals surface area contributed by atoms with E-state index in [1.807, 2.05) is 12.1 Å². The molecule has 4 rings (SSSR count). The van der Waals surface area contributed by atoms with Crippen LogP contribution < -0.4 is 0 Å². The third-order valence-corrected chi connectivity index (χ3v) is 9.71. The minimum atomic E-state index is -0.179. The molecule has 38 heavy (non-hydrogen) atoms. The highest BCUT2D eigenvalue weighted by molar-refractivity contribution is 5.49. The van der Waals surface area contributed by atoms with E-state index < -0.39 is 0 Å². The maximum atomic E-state index is 13.5. The van der Waals surface area contributed by atoms with Gasteiger partial charge in [-0.05, 0) is 105 Å². The molecule has 0 nitrogen and oxygen atoms in total. The van der Waals surface area contributed by atoms with Gasteiger partial charge < -0.3 is 0 Å². The van der Waals surface area contributed by atoms with Crippen molar-refractivity contribution in [3.8, 4) is 0 Å². The normalized spacial score (nSPS) is 23.1. The summed E-state index contributed by atoms with van der Waals surface area (Å²) in [6, 6.07) is 15.9. The van der Waals surface area contributed by atoms with Crippen LogP contribution in [-0.2, 0) is 18.3 Å². The molecule has 2 aliphatic carbocycles. The zero-order valence-electron chi connectivity index (χ0n) is 24.4. The lowest BCUT2D eigenvalue weighted by Gasteiger charge is -2.46. The van der Waals surface area contributed by atoms with Crippen LogP contribution in [0.5, 0.6) is 0 Å². The van der Waals surface area contributed by atoms with Gasteiger partial charge in [0.1, 0.15) is 5.82 Å². The third kappa shape index (κ3) is 5.18. The van der Waals surface area contributed by atoms with Crippen molar-refractivity contribution in [1.82, 2.24) is 0 Å². The molecular weight excluding hydrogens is 463 g/mol. The van der Waals surface area contributed by atoms with E-state index >= 15 is 0 Å². The Morgan fingerprint density at radius 1 is 1.05 bits per heavy atom. The van der Waals surface area contributed by atoms with Crippen LogP contribution in [0.3, 0.4) is 0 Å². The average Bonchev–Trinajstić information content (AvgIpc) is 3.15. The molecule has 1 heteroatoms. The summed E-state index contributed by atoms with van der Waals surface area (Å²) in [6.45, 7) is 22.3. The summed E-state index contributed by atoms with van der Waals surface area (Å²) >= 11 is 0. The zero-order valence-corrected chi connectivity index (χ0v) is 24.4. The fourth-order valence-electron chi connectivity index (χ4n) is 6.79. The number of fused-ring (bicyclic) bond motifs is 1. The number of hydrogen-bond donors (Lipinski definition) is 0. The van der Waals surface area contributed by atoms with Gasteiger partial charge in [-0.15, -0.1) is 6.58 Å². The smallest absolute Gasteiger partial charge is 0.123 e. The number of benzene rings is 2. The lowest BCUT2D eigenvalue weighted by molar-refractivity contribution is 0.162. The van der Waals surface area contributed by atoms with Crippen molar-refractivity contribution in [2.24, 2.45) is 10.8 Å². The molecule has 0 aromatic heterocycles. The van der Waals surface area contributed by atoms with Crippen molar-refractivity contribution >= 4 is 0 Å². The lowest BCUT2D eigenvalue weighted by Crippen LogP contribution is -2.37. The van der Waals surface area contributed by atoms with Gasteiger partial charge in [0, 0.05) is 10.8 Å². The first-order valence-electron chi connectivity index (χ1n) is 14.1. The second kappa shape index (κ2) is 10.7. The minimum Gasteiger partial charge on any atom is -0.207 e. The van der Waals surface area contributed by atoms with Gasteiger partial charge >= 0.3 is 0 Å². The van der Waals surface area contributed by atoms with Gasteiger partial charge in [-0.3, -0.25) is 0 Å². The van der Waals surface area contributed by atoms with Crippen molar-refractivity contribution < 1.29 is 4.39 Å². The Bertz CT molecular complexity index is 1310. The first kappa shape index (κ1) is 28.1. The van der Waals surface area contributed by atoms with E-state index in [9.17, 15) is 4.39 Å². The Morgan fingerprint density at radius 2 is 1.74 bits per heavy atom. The van der Waals surface area contributed by atoms with Crippen LogP contribution in [0, 0.1) is 16.6 Å². The third-order valence-electron chi connectivity index (χ3n) is 9.71. The predicted octanol–water partition coefficient (Wildman–Crippen LogP) is 10.4. The largest absolute Gasteiger partial charge is 0.207 e. The summed E-state index contributed by atoms with van der Waals surface area (Å²) in [6.07, 6.45) is 13.3. The maximum Gasteiger partial charge on any atom is 0.123 e. The van der Waals surface area contributed by atoms with Gasteiger partial charge in [0.05, 0.1) is 0 Å². The van der Waals surface area contributed by atoms with Crippen LogP contribution in [0.15, 0.2) is 108 Å². The van der Waals surface area contributed by atoms with Crippen LogP contribution in [0.4, 0.5) is 4.39 Å². The van der Waals surface area contributed by atoms with E-state index in [1.165, 1.54) is 33.4 Å². The summed E-state index contributed by atoms with van der Waals surface area (Å²) in [7, 11) is 0. The first-order chi connectivity index (χ1) is 17.9. The van der Waals surface area contributed by atoms with Crippen molar-refractivity contribution in [1.29, 1.82) is 0 Å². The molecule has 0 radical (unpaired) electrons. The second-order valence-corrected chi connectivity index (χ2v) is 12.7. The van der Waals surface area contributed by atoms with Crippen molar-refractivity contribution in [3.05, 3.63) is 130 Å². The van der Waals surface area contributed by atoms with E-state index in [-0.39, 0.29) is 22.1 Å². The van der Waals surface area contributed by atoms with Crippen LogP contribution >= 0.6 is 0 Å². The van der Waals surface area contributed by atoms with Gasteiger partial charge in [-0.2, -0.15) is 0 Å². The van der Waals surface area contributed by atoms with Gasteiger partial charge in [0.15, 0.2) is 0 Å². The number of rotatable bonds is 9. The first-order valence-corrected chi connectivity index (χ1v) is 14.1. The fourth-order valence-corrected chi connectivity index (χ4v) is 6.79. The molecule has 0 bridgehead atoms. The molecule has 2 aromatic rings. The molecule has 0 amide bonds. The van der Waals surface area contributed by atoms with E-state index in [0.29, 0.717) is 0 Å². The predicted molar refractivity (Wildman–Crippen MR) is 162 cm³/mol. The summed E-state index contributed by atoms with van der Waals surface area (Å²) < 4.78 is 13.5. The van der Waals surface area contributed by atoms with Gasteiger partial charge in [0.2, 0.25) is 0 Å². The van der Waals surface area contributed by atoms with Gasteiger partial charge in [-0.1, -0.05) is 98.7 Å². The molecule has 0 N–H and O–H groups in total. The summed E-state index contributed by atoms with van der Waals surface area (Å²) in [5, 5.41) is 0. The lowest BCUT2D eigenvalue weighted by atomic mass is 9.58. The number of aryl methyl sites for hydroxylation is 1. The van der Waals surface area contributed by atoms with Gasteiger partial charge in [-0.25, -0.2) is 4.39 Å². The highest BCUT2D eigenvalue weighted by Gasteiger charge is 2.53. The van der Waals surface area contributed by atoms with Crippen LogP contribution in [0.2, 0.25) is 0 Å². The monoisotopic (exact) mass is 508 g/mol.